The Labute approximate surface area is 114 Å². The highest BCUT2D eigenvalue weighted by molar-refractivity contribution is 5.04. The van der Waals surface area contributed by atoms with Gasteiger partial charge in [0.15, 0.2) is 0 Å². The molecule has 106 valence electrons. The quantitative estimate of drug-likeness (QED) is 0.780. The van der Waals surface area contributed by atoms with Gasteiger partial charge in [0.25, 0.3) is 0 Å². The maximum atomic E-state index is 3.85. The van der Waals surface area contributed by atoms with Crippen LogP contribution in [0.3, 0.4) is 0 Å². The van der Waals surface area contributed by atoms with Gasteiger partial charge < -0.3 is 5.32 Å². The van der Waals surface area contributed by atoms with Crippen LogP contribution >= 0.6 is 0 Å². The summed E-state index contributed by atoms with van der Waals surface area (Å²) in [5, 5.41) is 3.85. The third kappa shape index (κ3) is 3.27. The van der Waals surface area contributed by atoms with Crippen molar-refractivity contribution in [1.82, 2.24) is 10.2 Å². The Hall–Kier alpha value is -0.0800. The van der Waals surface area contributed by atoms with Gasteiger partial charge in [0.1, 0.15) is 0 Å². The fraction of sp³-hybridized carbons (Fsp3) is 1.00. The molecule has 2 rings (SSSR count). The summed E-state index contributed by atoms with van der Waals surface area (Å²) in [7, 11) is 0. The van der Waals surface area contributed by atoms with Crippen molar-refractivity contribution in [3.63, 3.8) is 0 Å². The molecule has 0 aromatic carbocycles. The van der Waals surface area contributed by atoms with Crippen LogP contribution in [-0.4, -0.2) is 36.1 Å². The zero-order chi connectivity index (χ0) is 13.2. The Morgan fingerprint density at radius 2 is 2.06 bits per heavy atom. The van der Waals surface area contributed by atoms with Crippen molar-refractivity contribution in [3.05, 3.63) is 0 Å². The van der Waals surface area contributed by atoms with E-state index in [-0.39, 0.29) is 0 Å². The van der Waals surface area contributed by atoms with Gasteiger partial charge in [-0.15, -0.1) is 0 Å². The van der Waals surface area contributed by atoms with Crippen molar-refractivity contribution in [3.8, 4) is 0 Å². The zero-order valence-corrected chi connectivity index (χ0v) is 12.8. The first kappa shape index (κ1) is 14.3. The van der Waals surface area contributed by atoms with E-state index in [9.17, 15) is 0 Å². The van der Waals surface area contributed by atoms with E-state index in [2.05, 4.69) is 37.9 Å². The normalized spacial score (nSPS) is 35.7. The second-order valence-corrected chi connectivity index (χ2v) is 6.96. The van der Waals surface area contributed by atoms with Crippen LogP contribution in [-0.2, 0) is 0 Å². The molecule has 0 bridgehead atoms. The molecule has 1 aliphatic heterocycles. The van der Waals surface area contributed by atoms with E-state index in [0.717, 1.165) is 17.9 Å². The Morgan fingerprint density at radius 3 is 2.61 bits per heavy atom. The Balaban J connectivity index is 1.94. The first-order valence-electron chi connectivity index (χ1n) is 8.08. The van der Waals surface area contributed by atoms with Crippen molar-refractivity contribution in [2.24, 2.45) is 11.8 Å². The van der Waals surface area contributed by atoms with Crippen LogP contribution in [0.1, 0.15) is 59.8 Å². The van der Waals surface area contributed by atoms with E-state index in [1.54, 1.807) is 0 Å². The van der Waals surface area contributed by atoms with Gasteiger partial charge in [-0.1, -0.05) is 27.2 Å². The molecule has 0 aromatic rings. The van der Waals surface area contributed by atoms with Crippen molar-refractivity contribution in [2.75, 3.05) is 19.6 Å². The smallest absolute Gasteiger partial charge is 0.0309 e. The average Bonchev–Trinajstić information content (AvgIpc) is 3.13. The van der Waals surface area contributed by atoms with E-state index in [0.29, 0.717) is 5.54 Å². The third-order valence-electron chi connectivity index (χ3n) is 5.07. The highest BCUT2D eigenvalue weighted by Gasteiger charge is 2.45. The lowest BCUT2D eigenvalue weighted by Crippen LogP contribution is -2.64. The highest BCUT2D eigenvalue weighted by atomic mass is 15.3. The topological polar surface area (TPSA) is 15.3 Å². The second kappa shape index (κ2) is 5.92. The van der Waals surface area contributed by atoms with E-state index in [1.807, 2.05) is 0 Å². The van der Waals surface area contributed by atoms with Crippen LogP contribution in [0.4, 0.5) is 0 Å². The Bertz CT molecular complexity index is 262. The minimum atomic E-state index is 0.400. The second-order valence-electron chi connectivity index (χ2n) is 6.96. The summed E-state index contributed by atoms with van der Waals surface area (Å²) in [5.41, 5.74) is 0.400. The van der Waals surface area contributed by atoms with Crippen molar-refractivity contribution in [1.29, 1.82) is 0 Å². The van der Waals surface area contributed by atoms with Gasteiger partial charge in [0.2, 0.25) is 0 Å². The van der Waals surface area contributed by atoms with E-state index in [1.165, 1.54) is 51.7 Å². The number of piperazine rings is 1. The lowest BCUT2D eigenvalue weighted by atomic mass is 9.89. The first-order valence-corrected chi connectivity index (χ1v) is 8.08. The van der Waals surface area contributed by atoms with Gasteiger partial charge >= 0.3 is 0 Å². The monoisotopic (exact) mass is 252 g/mol. The standard InChI is InChI=1S/C16H32N2/c1-5-7-13(3)11-18-12-16(4,14-8-9-14)17-10-15(18)6-2/h13-15,17H,5-12H2,1-4H3. The van der Waals surface area contributed by atoms with E-state index >= 15 is 0 Å². The van der Waals surface area contributed by atoms with Crippen molar-refractivity contribution >= 4 is 0 Å². The molecule has 0 aromatic heterocycles. The van der Waals surface area contributed by atoms with Gasteiger partial charge in [0.05, 0.1) is 0 Å². The molecule has 0 spiro atoms. The molecule has 1 N–H and O–H groups in total. The van der Waals surface area contributed by atoms with Crippen LogP contribution < -0.4 is 5.32 Å². The number of nitrogens with one attached hydrogen (secondary N) is 1. The van der Waals surface area contributed by atoms with Crippen LogP contribution in [0.5, 0.6) is 0 Å². The predicted octanol–water partition coefficient (Wildman–Crippen LogP) is 3.28. The van der Waals surface area contributed by atoms with E-state index in [4.69, 9.17) is 0 Å². The number of hydrogen-bond donors (Lipinski definition) is 1. The molecule has 1 saturated carbocycles. The number of nitrogens with zero attached hydrogens (tertiary/aromatic N) is 1. The van der Waals surface area contributed by atoms with Gasteiger partial charge in [-0.25, -0.2) is 0 Å². The van der Waals surface area contributed by atoms with Crippen molar-refractivity contribution < 1.29 is 0 Å². The lowest BCUT2D eigenvalue weighted by molar-refractivity contribution is 0.0602. The zero-order valence-electron chi connectivity index (χ0n) is 12.8. The molecule has 2 aliphatic rings. The average molecular weight is 252 g/mol. The van der Waals surface area contributed by atoms with Crippen LogP contribution in [0.15, 0.2) is 0 Å². The molecule has 3 unspecified atom stereocenters. The van der Waals surface area contributed by atoms with Gasteiger partial charge in [-0.05, 0) is 44.4 Å². The summed E-state index contributed by atoms with van der Waals surface area (Å²) in [5.74, 6) is 1.80. The van der Waals surface area contributed by atoms with Gasteiger partial charge in [0, 0.05) is 31.2 Å². The molecule has 0 amide bonds. The molecule has 1 heterocycles. The Morgan fingerprint density at radius 1 is 1.33 bits per heavy atom. The molecule has 2 nitrogen and oxygen atoms in total. The third-order valence-corrected chi connectivity index (χ3v) is 5.07. The molecule has 1 saturated heterocycles. The van der Waals surface area contributed by atoms with Gasteiger partial charge in [-0.3, -0.25) is 4.90 Å². The fourth-order valence-corrected chi connectivity index (χ4v) is 3.68. The molecular formula is C16H32N2. The minimum absolute atomic E-state index is 0.400. The molecule has 0 radical (unpaired) electrons. The molecular weight excluding hydrogens is 220 g/mol. The largest absolute Gasteiger partial charge is 0.308 e. The summed E-state index contributed by atoms with van der Waals surface area (Å²) in [6.45, 7) is 13.3. The maximum absolute atomic E-state index is 3.85. The predicted molar refractivity (Wildman–Crippen MR) is 78.9 cm³/mol. The summed E-state index contributed by atoms with van der Waals surface area (Å²) < 4.78 is 0. The fourth-order valence-electron chi connectivity index (χ4n) is 3.68. The Kier molecular flexibility index (Phi) is 4.71. The van der Waals surface area contributed by atoms with Gasteiger partial charge in [-0.2, -0.15) is 0 Å². The maximum Gasteiger partial charge on any atom is 0.0309 e. The first-order chi connectivity index (χ1) is 8.59. The highest BCUT2D eigenvalue weighted by Crippen LogP contribution is 2.41. The van der Waals surface area contributed by atoms with E-state index < -0.39 is 0 Å². The summed E-state index contributed by atoms with van der Waals surface area (Å²) in [6.07, 6.45) is 6.87. The molecule has 1 aliphatic carbocycles. The molecule has 2 fully saturated rings. The SMILES string of the molecule is CCCC(C)CN1CC(C)(C2CC2)NCC1CC. The summed E-state index contributed by atoms with van der Waals surface area (Å²) >= 11 is 0. The summed E-state index contributed by atoms with van der Waals surface area (Å²) in [4.78, 5) is 2.79. The van der Waals surface area contributed by atoms with Crippen molar-refractivity contribution in [2.45, 2.75) is 71.4 Å². The number of rotatable bonds is 6. The number of hydrogen-bond acceptors (Lipinski definition) is 2. The lowest BCUT2D eigenvalue weighted by Gasteiger charge is -2.47. The van der Waals surface area contributed by atoms with Crippen LogP contribution in [0, 0.1) is 11.8 Å². The minimum Gasteiger partial charge on any atom is -0.308 e. The molecule has 2 heteroatoms. The van der Waals surface area contributed by atoms with Crippen LogP contribution in [0.2, 0.25) is 0 Å². The summed E-state index contributed by atoms with van der Waals surface area (Å²) in [6, 6.07) is 0.760. The van der Waals surface area contributed by atoms with Crippen LogP contribution in [0.25, 0.3) is 0 Å². The molecule has 18 heavy (non-hydrogen) atoms. The molecule has 3 atom stereocenters.